The predicted octanol–water partition coefficient (Wildman–Crippen LogP) is 2.63. The van der Waals surface area contributed by atoms with Gasteiger partial charge in [-0.25, -0.2) is 23.0 Å². The maximum Gasteiger partial charge on any atom is 0.469 e. The molecule has 1 aromatic heterocycles. The molecule has 0 bridgehead atoms. The molecule has 3 aromatic rings. The van der Waals surface area contributed by atoms with Crippen LogP contribution in [0.3, 0.4) is 0 Å². The lowest BCUT2D eigenvalue weighted by Crippen LogP contribution is -2.49. The van der Waals surface area contributed by atoms with Gasteiger partial charge in [0.2, 0.25) is 5.91 Å². The van der Waals surface area contributed by atoms with Gasteiger partial charge in [-0.3, -0.25) is 14.1 Å². The van der Waals surface area contributed by atoms with Crippen molar-refractivity contribution in [1.29, 1.82) is 0 Å². The van der Waals surface area contributed by atoms with Crippen LogP contribution in [-0.2, 0) is 18.7 Å². The highest BCUT2D eigenvalue weighted by Gasteiger charge is 2.43. The molecule has 0 spiro atoms. The Hall–Kier alpha value is -3.65. The molecule has 4 rings (SSSR count). The van der Waals surface area contributed by atoms with Crippen LogP contribution in [0, 0.1) is 18.6 Å². The number of nitrogens with zero attached hydrogens (tertiary/aromatic N) is 1. The van der Waals surface area contributed by atoms with E-state index in [2.05, 4.69) is 20.1 Å². The van der Waals surface area contributed by atoms with Crippen molar-refractivity contribution in [3.8, 4) is 0 Å². The molecule has 2 atom stereocenters. The van der Waals surface area contributed by atoms with E-state index >= 15 is 0 Å². The van der Waals surface area contributed by atoms with E-state index in [-0.39, 0.29) is 11.3 Å². The molecular formula is C24H22ClF2N4O8P. The molecule has 2 unspecified atom stereocenters. The zero-order valence-electron chi connectivity index (χ0n) is 20.5. The number of urea groups is 1. The van der Waals surface area contributed by atoms with E-state index in [0.717, 1.165) is 11.6 Å². The number of phosphoric ester groups is 1. The number of aliphatic hydroxyl groups excluding tert-OH is 1. The summed E-state index contributed by atoms with van der Waals surface area (Å²) >= 11 is 6.16. The van der Waals surface area contributed by atoms with E-state index in [1.807, 2.05) is 0 Å². The minimum Gasteiger partial charge on any atom is -0.394 e. The number of fused-ring (bicyclic) bond motifs is 1. The van der Waals surface area contributed by atoms with Crippen molar-refractivity contribution in [2.75, 3.05) is 13.2 Å². The summed E-state index contributed by atoms with van der Waals surface area (Å²) in [5, 5.41) is 15.3. The van der Waals surface area contributed by atoms with Gasteiger partial charge in [-0.1, -0.05) is 23.7 Å². The smallest absolute Gasteiger partial charge is 0.394 e. The van der Waals surface area contributed by atoms with E-state index in [0.29, 0.717) is 38.5 Å². The number of H-pyrrole nitrogens is 1. The molecule has 0 radical (unpaired) electrons. The molecule has 1 saturated heterocycles. The SMILES string of the molecule is Cc1c(Cl)ccc2c(/C=C3\NC(=O)N(C(C(=O)NC(CO)COP(=O)(O)O)c4ccc(F)c(F)c4)C3=O)c[nH]c12. The topological polar surface area (TPSA) is 181 Å². The number of phosphoric acid groups is 1. The fourth-order valence-electron chi connectivity index (χ4n) is 4.11. The summed E-state index contributed by atoms with van der Waals surface area (Å²) in [4.78, 5) is 61.0. The molecule has 40 heavy (non-hydrogen) atoms. The summed E-state index contributed by atoms with van der Waals surface area (Å²) in [5.41, 5.74) is 1.42. The van der Waals surface area contributed by atoms with E-state index in [1.165, 1.54) is 6.08 Å². The van der Waals surface area contributed by atoms with Gasteiger partial charge in [-0.2, -0.15) is 0 Å². The fraction of sp³-hybridized carbons (Fsp3) is 0.208. The maximum atomic E-state index is 14.1. The lowest BCUT2D eigenvalue weighted by atomic mass is 10.0. The summed E-state index contributed by atoms with van der Waals surface area (Å²) in [6, 6.07) is 1.33. The van der Waals surface area contributed by atoms with Crippen LogP contribution in [0.5, 0.6) is 0 Å². The Bertz CT molecular complexity index is 1590. The molecule has 2 heterocycles. The van der Waals surface area contributed by atoms with Gasteiger partial charge in [-0.05, 0) is 42.3 Å². The number of hydrogen-bond donors (Lipinski definition) is 6. The van der Waals surface area contributed by atoms with Crippen LogP contribution in [0.1, 0.15) is 22.7 Å². The van der Waals surface area contributed by atoms with Crippen molar-refractivity contribution >= 4 is 54.2 Å². The number of aromatic nitrogens is 1. The van der Waals surface area contributed by atoms with Crippen LogP contribution in [0.15, 0.2) is 42.2 Å². The fourth-order valence-corrected chi connectivity index (χ4v) is 4.64. The van der Waals surface area contributed by atoms with Gasteiger partial charge in [-0.15, -0.1) is 0 Å². The second-order valence-corrected chi connectivity index (χ2v) is 10.4. The third-order valence-corrected chi connectivity index (χ3v) is 6.96. The number of carbonyl (C=O) groups excluding carboxylic acids is 3. The Kier molecular flexibility index (Phi) is 8.40. The van der Waals surface area contributed by atoms with Crippen molar-refractivity contribution < 1.29 is 47.1 Å². The first-order valence-corrected chi connectivity index (χ1v) is 13.4. The highest BCUT2D eigenvalue weighted by molar-refractivity contribution is 7.46. The molecule has 1 aliphatic rings. The third kappa shape index (κ3) is 6.07. The molecule has 1 fully saturated rings. The van der Waals surface area contributed by atoms with Crippen molar-refractivity contribution in [3.05, 3.63) is 75.6 Å². The Labute approximate surface area is 229 Å². The van der Waals surface area contributed by atoms with Crippen LogP contribution in [0.25, 0.3) is 17.0 Å². The number of rotatable bonds is 9. The first kappa shape index (κ1) is 29.3. The molecule has 12 nitrogen and oxygen atoms in total. The van der Waals surface area contributed by atoms with E-state index in [1.54, 1.807) is 25.3 Å². The molecule has 2 aromatic carbocycles. The summed E-state index contributed by atoms with van der Waals surface area (Å²) in [6.07, 6.45) is 2.94. The lowest BCUT2D eigenvalue weighted by Gasteiger charge is -2.27. The summed E-state index contributed by atoms with van der Waals surface area (Å²) < 4.78 is 43.1. The highest BCUT2D eigenvalue weighted by atomic mass is 35.5. The molecule has 0 saturated carbocycles. The van der Waals surface area contributed by atoms with Crippen molar-refractivity contribution in [2.24, 2.45) is 0 Å². The molecule has 4 amide bonds. The van der Waals surface area contributed by atoms with Crippen LogP contribution in [0.2, 0.25) is 5.02 Å². The van der Waals surface area contributed by atoms with Crippen LogP contribution in [-0.4, -0.2) is 61.9 Å². The van der Waals surface area contributed by atoms with E-state index in [4.69, 9.17) is 21.4 Å². The number of nitrogens with one attached hydrogen (secondary N) is 3. The maximum absolute atomic E-state index is 14.1. The molecule has 6 N–H and O–H groups in total. The van der Waals surface area contributed by atoms with Gasteiger partial charge in [0, 0.05) is 22.2 Å². The Morgan fingerprint density at radius 2 is 1.95 bits per heavy atom. The zero-order valence-corrected chi connectivity index (χ0v) is 22.2. The summed E-state index contributed by atoms with van der Waals surface area (Å²) in [6.45, 7) is 0.0930. The molecule has 16 heteroatoms. The predicted molar refractivity (Wildman–Crippen MR) is 138 cm³/mol. The van der Waals surface area contributed by atoms with Crippen LogP contribution in [0.4, 0.5) is 13.6 Å². The average molecular weight is 599 g/mol. The number of amides is 4. The minimum atomic E-state index is -4.97. The van der Waals surface area contributed by atoms with Gasteiger partial charge in [0.15, 0.2) is 11.6 Å². The van der Waals surface area contributed by atoms with Crippen LogP contribution >= 0.6 is 19.4 Å². The number of aliphatic hydroxyl groups is 1. The number of halogens is 3. The molecule has 1 aliphatic heterocycles. The number of imide groups is 1. The number of hydrogen-bond acceptors (Lipinski definition) is 6. The lowest BCUT2D eigenvalue weighted by molar-refractivity contribution is -0.134. The molecular weight excluding hydrogens is 577 g/mol. The van der Waals surface area contributed by atoms with Crippen molar-refractivity contribution in [2.45, 2.75) is 19.0 Å². The first-order valence-electron chi connectivity index (χ1n) is 11.5. The number of aryl methyl sites for hydroxylation is 1. The Morgan fingerprint density at radius 1 is 1.23 bits per heavy atom. The Morgan fingerprint density at radius 3 is 2.60 bits per heavy atom. The van der Waals surface area contributed by atoms with Crippen LogP contribution < -0.4 is 10.6 Å². The number of benzene rings is 2. The monoisotopic (exact) mass is 598 g/mol. The minimum absolute atomic E-state index is 0.234. The summed E-state index contributed by atoms with van der Waals surface area (Å²) in [7, 11) is -4.97. The second kappa shape index (κ2) is 11.5. The average Bonchev–Trinajstić information content (AvgIpc) is 3.42. The zero-order chi connectivity index (χ0) is 29.4. The normalized spacial score (nSPS) is 16.5. The summed E-state index contributed by atoms with van der Waals surface area (Å²) in [5.74, 6) is -4.75. The van der Waals surface area contributed by atoms with Gasteiger partial charge in [0.1, 0.15) is 11.7 Å². The molecule has 0 aliphatic carbocycles. The van der Waals surface area contributed by atoms with E-state index < -0.39 is 62.6 Å². The molecule has 212 valence electrons. The van der Waals surface area contributed by atoms with Crippen molar-refractivity contribution in [3.63, 3.8) is 0 Å². The Balaban J connectivity index is 1.70. The number of carbonyl (C=O) groups is 3. The quantitative estimate of drug-likeness (QED) is 0.123. The van der Waals surface area contributed by atoms with Crippen molar-refractivity contribution in [1.82, 2.24) is 20.5 Å². The standard InChI is InChI=1S/C24H22ClF2N4O8P/c1-11-16(25)4-3-15-13(8-28-20(11)15)7-19-23(34)31(24(35)30-19)21(12-2-5-17(26)18(27)6-12)22(33)29-14(9-32)10-39-40(36,37)38/h2-8,14,21,28,32H,9-10H2,1H3,(H,29,33)(H,30,35)(H2,36,37,38)/b19-7-. The number of aromatic amines is 1. The van der Waals surface area contributed by atoms with Gasteiger partial charge in [0.05, 0.1) is 24.8 Å². The van der Waals surface area contributed by atoms with Gasteiger partial charge >= 0.3 is 13.9 Å². The van der Waals surface area contributed by atoms with Gasteiger partial charge < -0.3 is 30.5 Å². The largest absolute Gasteiger partial charge is 0.469 e. The second-order valence-electron chi connectivity index (χ2n) is 8.75. The van der Waals surface area contributed by atoms with E-state index in [9.17, 15) is 32.8 Å². The first-order chi connectivity index (χ1) is 18.8. The highest BCUT2D eigenvalue weighted by Crippen LogP contribution is 2.36. The third-order valence-electron chi connectivity index (χ3n) is 6.07. The van der Waals surface area contributed by atoms with Gasteiger partial charge in [0.25, 0.3) is 5.91 Å².